The van der Waals surface area contributed by atoms with Gasteiger partial charge in [0, 0.05) is 6.61 Å². The third-order valence-corrected chi connectivity index (χ3v) is 0.243. The summed E-state index contributed by atoms with van der Waals surface area (Å²) in [5.74, 6) is -2.76. The second kappa shape index (κ2) is 7.29. The quantitative estimate of drug-likeness (QED) is 0.538. The zero-order valence-electron chi connectivity index (χ0n) is 5.64. The number of aliphatic hydroxyl groups is 1. The molecule has 0 aromatic heterocycles. The Kier molecular flexibility index (Phi) is 11.0. The highest BCUT2D eigenvalue weighted by molar-refractivity contribution is 5.73. The largest absolute Gasteiger partial charge is 0.490 e. The molecule has 70 valence electrons. The van der Waals surface area contributed by atoms with Crippen molar-refractivity contribution in [1.29, 1.82) is 0 Å². The van der Waals surface area contributed by atoms with Gasteiger partial charge in [0.2, 0.25) is 0 Å². The molecule has 0 saturated carbocycles. The molecule has 0 aliphatic carbocycles. The first kappa shape index (κ1) is 16.6. The molecule has 0 aliphatic heterocycles. The zero-order chi connectivity index (χ0) is 8.78. The third kappa shape index (κ3) is 17.6. The van der Waals surface area contributed by atoms with Crippen LogP contribution in [-0.2, 0) is 4.79 Å². The normalized spacial score (nSPS) is 8.82. The van der Waals surface area contributed by atoms with Gasteiger partial charge in [0.15, 0.2) is 0 Å². The van der Waals surface area contributed by atoms with Crippen LogP contribution in [0.1, 0.15) is 6.92 Å². The number of rotatable bonds is 0. The summed E-state index contributed by atoms with van der Waals surface area (Å²) in [6, 6.07) is 0. The van der Waals surface area contributed by atoms with Crippen LogP contribution in [0.5, 0.6) is 0 Å². The van der Waals surface area contributed by atoms with E-state index in [-0.39, 0.29) is 12.1 Å². The molecule has 0 spiro atoms. The summed E-state index contributed by atoms with van der Waals surface area (Å²) in [6.07, 6.45) is -5.08. The molecule has 0 heterocycles. The number of aliphatic hydroxyl groups excluding tert-OH is 1. The lowest BCUT2D eigenvalue weighted by Crippen LogP contribution is -2.21. The number of carboxylic acid groups (broad SMARTS) is 1. The van der Waals surface area contributed by atoms with Crippen molar-refractivity contribution < 1.29 is 33.7 Å². The molecular weight excluding hydrogens is 169 g/mol. The molecule has 0 rings (SSSR count). The predicted molar refractivity (Wildman–Crippen MR) is 30.1 cm³/mol. The van der Waals surface area contributed by atoms with Gasteiger partial charge in [0.25, 0.3) is 0 Å². The van der Waals surface area contributed by atoms with E-state index in [0.717, 1.165) is 0 Å². The first-order chi connectivity index (χ1) is 4.36. The van der Waals surface area contributed by atoms with Gasteiger partial charge in [-0.25, -0.2) is 4.79 Å². The first-order valence-electron chi connectivity index (χ1n) is 2.27. The molecule has 0 radical (unpaired) electrons. The molecule has 0 aromatic rings. The number of hydrogen-bond acceptors (Lipinski definition) is 2. The predicted octanol–water partition coefficient (Wildman–Crippen LogP) is -0.193. The topological polar surface area (TPSA) is 89.0 Å². The van der Waals surface area contributed by atoms with Crippen molar-refractivity contribution in [2.75, 3.05) is 6.61 Å². The van der Waals surface area contributed by atoms with Crippen molar-refractivity contribution in [2.45, 2.75) is 13.1 Å². The van der Waals surface area contributed by atoms with E-state index in [1.165, 1.54) is 0 Å². The van der Waals surface area contributed by atoms with Gasteiger partial charge in [0.05, 0.1) is 0 Å². The Morgan fingerprint density at radius 2 is 1.55 bits per heavy atom. The van der Waals surface area contributed by atoms with Crippen LogP contribution in [-0.4, -0.2) is 34.4 Å². The lowest BCUT2D eigenvalue weighted by Gasteiger charge is -1.93. The molecule has 0 unspecified atom stereocenters. The minimum absolute atomic E-state index is 0. The SMILES string of the molecule is CCO.O.O=C(O)C(F)(F)F. The molecule has 0 atom stereocenters. The van der Waals surface area contributed by atoms with Crippen LogP contribution < -0.4 is 0 Å². The van der Waals surface area contributed by atoms with Crippen LogP contribution in [0.25, 0.3) is 0 Å². The Morgan fingerprint density at radius 1 is 1.45 bits per heavy atom. The van der Waals surface area contributed by atoms with Crippen molar-refractivity contribution in [3.8, 4) is 0 Å². The fourth-order valence-corrected chi connectivity index (χ4v) is 0. The monoisotopic (exact) mass is 178 g/mol. The summed E-state index contributed by atoms with van der Waals surface area (Å²) in [6.45, 7) is 1.93. The van der Waals surface area contributed by atoms with E-state index in [4.69, 9.17) is 15.0 Å². The van der Waals surface area contributed by atoms with Gasteiger partial charge in [-0.3, -0.25) is 0 Å². The fraction of sp³-hybridized carbons (Fsp3) is 0.750. The molecule has 0 aromatic carbocycles. The van der Waals surface area contributed by atoms with E-state index in [2.05, 4.69) is 0 Å². The molecule has 0 fully saturated rings. The number of hydrogen-bond donors (Lipinski definition) is 2. The van der Waals surface area contributed by atoms with Crippen molar-refractivity contribution in [3.63, 3.8) is 0 Å². The average Bonchev–Trinajstić information content (AvgIpc) is 1.64. The van der Waals surface area contributed by atoms with Crippen LogP contribution in [0.2, 0.25) is 0 Å². The maximum absolute atomic E-state index is 10.6. The van der Waals surface area contributed by atoms with Crippen molar-refractivity contribution >= 4 is 5.97 Å². The molecule has 0 amide bonds. The molecule has 4 N–H and O–H groups in total. The van der Waals surface area contributed by atoms with E-state index < -0.39 is 12.1 Å². The number of halogens is 3. The summed E-state index contributed by atoms with van der Waals surface area (Å²) in [5.41, 5.74) is 0. The molecule has 0 saturated heterocycles. The van der Waals surface area contributed by atoms with Crippen molar-refractivity contribution in [3.05, 3.63) is 0 Å². The fourth-order valence-electron chi connectivity index (χ4n) is 0. The van der Waals surface area contributed by atoms with Gasteiger partial charge in [-0.1, -0.05) is 0 Å². The highest BCUT2D eigenvalue weighted by Crippen LogP contribution is 2.13. The Hall–Kier alpha value is -0.820. The van der Waals surface area contributed by atoms with Gasteiger partial charge >= 0.3 is 12.1 Å². The minimum Gasteiger partial charge on any atom is -0.475 e. The van der Waals surface area contributed by atoms with Crippen LogP contribution in [0.4, 0.5) is 13.2 Å². The standard InChI is InChI=1S/C2HF3O2.C2H6O.H2O/c3-2(4,5)1(6)7;1-2-3;/h(H,6,7);3H,2H2,1H3;1H2. The first-order valence-corrected chi connectivity index (χ1v) is 2.27. The zero-order valence-corrected chi connectivity index (χ0v) is 5.64. The van der Waals surface area contributed by atoms with Gasteiger partial charge in [-0.15, -0.1) is 0 Å². The number of aliphatic carboxylic acids is 1. The molecular formula is C4H9F3O4. The van der Waals surface area contributed by atoms with Crippen LogP contribution >= 0.6 is 0 Å². The van der Waals surface area contributed by atoms with Crippen LogP contribution in [0.15, 0.2) is 0 Å². The average molecular weight is 178 g/mol. The second-order valence-electron chi connectivity index (χ2n) is 1.12. The summed E-state index contributed by atoms with van der Waals surface area (Å²) < 4.78 is 31.7. The minimum atomic E-state index is -5.08. The van der Waals surface area contributed by atoms with Crippen molar-refractivity contribution in [1.82, 2.24) is 0 Å². The summed E-state index contributed by atoms with van der Waals surface area (Å²) in [4.78, 5) is 8.90. The molecule has 11 heavy (non-hydrogen) atoms. The van der Waals surface area contributed by atoms with Gasteiger partial charge < -0.3 is 15.7 Å². The Morgan fingerprint density at radius 3 is 1.55 bits per heavy atom. The van der Waals surface area contributed by atoms with Gasteiger partial charge in [0.1, 0.15) is 0 Å². The Balaban J connectivity index is -0.000000140. The lowest BCUT2D eigenvalue weighted by molar-refractivity contribution is -0.192. The Bertz CT molecular complexity index is 100. The van der Waals surface area contributed by atoms with E-state index in [1.807, 2.05) is 0 Å². The van der Waals surface area contributed by atoms with Gasteiger partial charge in [-0.2, -0.15) is 13.2 Å². The summed E-state index contributed by atoms with van der Waals surface area (Å²) >= 11 is 0. The maximum atomic E-state index is 10.6. The smallest absolute Gasteiger partial charge is 0.475 e. The number of carbonyl (C=O) groups is 1. The number of carboxylic acids is 1. The molecule has 0 bridgehead atoms. The third-order valence-electron chi connectivity index (χ3n) is 0.243. The number of alkyl halides is 3. The Labute approximate surface area is 60.6 Å². The van der Waals surface area contributed by atoms with E-state index in [0.29, 0.717) is 0 Å². The lowest BCUT2D eigenvalue weighted by atomic mass is 10.7. The van der Waals surface area contributed by atoms with E-state index >= 15 is 0 Å². The maximum Gasteiger partial charge on any atom is 0.490 e. The van der Waals surface area contributed by atoms with E-state index in [9.17, 15) is 13.2 Å². The molecule has 0 aliphatic rings. The molecule has 4 nitrogen and oxygen atoms in total. The van der Waals surface area contributed by atoms with Crippen LogP contribution in [0, 0.1) is 0 Å². The van der Waals surface area contributed by atoms with Crippen molar-refractivity contribution in [2.24, 2.45) is 0 Å². The van der Waals surface area contributed by atoms with Gasteiger partial charge in [-0.05, 0) is 6.92 Å². The second-order valence-corrected chi connectivity index (χ2v) is 1.12. The van der Waals surface area contributed by atoms with E-state index in [1.54, 1.807) is 6.92 Å². The highest BCUT2D eigenvalue weighted by Gasteiger charge is 2.38. The summed E-state index contributed by atoms with van der Waals surface area (Å²) in [7, 11) is 0. The highest BCUT2D eigenvalue weighted by atomic mass is 19.4. The molecule has 7 heteroatoms. The summed E-state index contributed by atoms with van der Waals surface area (Å²) in [5, 5.41) is 14.7. The van der Waals surface area contributed by atoms with Crippen LogP contribution in [0.3, 0.4) is 0 Å².